The van der Waals surface area contributed by atoms with Crippen molar-refractivity contribution < 1.29 is 9.52 Å². The summed E-state index contributed by atoms with van der Waals surface area (Å²) in [4.78, 5) is 7.14. The highest BCUT2D eigenvalue weighted by atomic mass is 32.1. The first kappa shape index (κ1) is 12.2. The van der Waals surface area contributed by atoms with Crippen molar-refractivity contribution in [3.63, 3.8) is 0 Å². The summed E-state index contributed by atoms with van der Waals surface area (Å²) in [6.45, 7) is 1.38. The number of anilines is 1. The van der Waals surface area contributed by atoms with Gasteiger partial charge in [0, 0.05) is 13.1 Å². The van der Waals surface area contributed by atoms with Crippen molar-refractivity contribution >= 4 is 17.2 Å². The molecule has 0 spiro atoms. The SMILES string of the molecule is N#Cc1nc(-c2cccs2)oc1N1CCC(O)CC1. The van der Waals surface area contributed by atoms with Crippen LogP contribution >= 0.6 is 11.3 Å². The van der Waals surface area contributed by atoms with E-state index >= 15 is 0 Å². The van der Waals surface area contributed by atoms with Crippen molar-refractivity contribution in [3.8, 4) is 16.8 Å². The molecular weight excluding hydrogens is 262 g/mol. The number of piperidine rings is 1. The van der Waals surface area contributed by atoms with Crippen LogP contribution in [0.5, 0.6) is 0 Å². The molecule has 0 aromatic carbocycles. The Bertz CT molecular complexity index is 592. The molecule has 6 heteroatoms. The largest absolute Gasteiger partial charge is 0.418 e. The molecule has 0 aliphatic carbocycles. The normalized spacial score (nSPS) is 16.5. The second-order valence-electron chi connectivity index (χ2n) is 4.48. The first-order valence-corrected chi connectivity index (χ1v) is 7.03. The quantitative estimate of drug-likeness (QED) is 0.909. The minimum absolute atomic E-state index is 0.249. The topological polar surface area (TPSA) is 73.3 Å². The standard InChI is InChI=1S/C13H13N3O2S/c14-8-10-13(16-5-3-9(17)4-6-16)18-12(15-10)11-2-1-7-19-11/h1-2,7,9,17H,3-6H2. The molecule has 0 bridgehead atoms. The van der Waals surface area contributed by atoms with Crippen molar-refractivity contribution in [2.75, 3.05) is 18.0 Å². The van der Waals surface area contributed by atoms with Gasteiger partial charge in [-0.15, -0.1) is 11.3 Å². The van der Waals surface area contributed by atoms with Crippen molar-refractivity contribution in [2.24, 2.45) is 0 Å². The van der Waals surface area contributed by atoms with Crippen LogP contribution in [-0.2, 0) is 0 Å². The van der Waals surface area contributed by atoms with Crippen LogP contribution in [0.2, 0.25) is 0 Å². The molecule has 2 aromatic heterocycles. The zero-order valence-corrected chi connectivity index (χ0v) is 11.1. The molecule has 19 heavy (non-hydrogen) atoms. The molecule has 1 aliphatic heterocycles. The molecule has 0 atom stereocenters. The Kier molecular flexibility index (Phi) is 3.23. The lowest BCUT2D eigenvalue weighted by Gasteiger charge is -2.28. The summed E-state index contributed by atoms with van der Waals surface area (Å²) in [6, 6.07) is 5.92. The first-order valence-electron chi connectivity index (χ1n) is 6.15. The van der Waals surface area contributed by atoms with Crippen LogP contribution in [-0.4, -0.2) is 29.3 Å². The molecule has 1 N–H and O–H groups in total. The Morgan fingerprint density at radius 3 is 2.89 bits per heavy atom. The van der Waals surface area contributed by atoms with E-state index in [4.69, 9.17) is 9.68 Å². The van der Waals surface area contributed by atoms with Crippen LogP contribution < -0.4 is 4.90 Å². The van der Waals surface area contributed by atoms with Crippen LogP contribution in [0.1, 0.15) is 18.5 Å². The molecule has 1 fully saturated rings. The molecule has 0 unspecified atom stereocenters. The summed E-state index contributed by atoms with van der Waals surface area (Å²) in [5, 5.41) is 20.6. The molecule has 2 aromatic rings. The molecule has 1 saturated heterocycles. The van der Waals surface area contributed by atoms with E-state index in [0.29, 0.717) is 43.4 Å². The van der Waals surface area contributed by atoms with E-state index in [1.165, 1.54) is 11.3 Å². The Hall–Kier alpha value is -1.84. The predicted molar refractivity (Wildman–Crippen MR) is 72.0 cm³/mol. The molecule has 5 nitrogen and oxygen atoms in total. The predicted octanol–water partition coefficient (Wildman–Crippen LogP) is 2.24. The van der Waals surface area contributed by atoms with Gasteiger partial charge in [-0.2, -0.15) is 10.2 Å². The smallest absolute Gasteiger partial charge is 0.240 e. The van der Waals surface area contributed by atoms with E-state index in [9.17, 15) is 5.11 Å². The van der Waals surface area contributed by atoms with E-state index in [1.807, 2.05) is 22.4 Å². The van der Waals surface area contributed by atoms with E-state index in [2.05, 4.69) is 11.1 Å². The van der Waals surface area contributed by atoms with Crippen molar-refractivity contribution in [2.45, 2.75) is 18.9 Å². The molecule has 0 amide bonds. The fourth-order valence-electron chi connectivity index (χ4n) is 2.17. The maximum atomic E-state index is 9.52. The molecule has 98 valence electrons. The van der Waals surface area contributed by atoms with E-state index in [1.54, 1.807) is 0 Å². The van der Waals surface area contributed by atoms with E-state index in [-0.39, 0.29) is 6.10 Å². The van der Waals surface area contributed by atoms with Crippen LogP contribution in [0.15, 0.2) is 21.9 Å². The number of oxazole rings is 1. The highest BCUT2D eigenvalue weighted by Gasteiger charge is 2.24. The van der Waals surface area contributed by atoms with Gasteiger partial charge in [0.05, 0.1) is 11.0 Å². The lowest BCUT2D eigenvalue weighted by Crippen LogP contribution is -2.35. The van der Waals surface area contributed by atoms with Gasteiger partial charge in [-0.25, -0.2) is 0 Å². The molecule has 1 aliphatic rings. The number of aliphatic hydroxyl groups excluding tert-OH is 1. The second kappa shape index (κ2) is 5.03. The minimum atomic E-state index is -0.249. The van der Waals surface area contributed by atoms with Gasteiger partial charge in [0.25, 0.3) is 0 Å². The zero-order chi connectivity index (χ0) is 13.2. The maximum Gasteiger partial charge on any atom is 0.240 e. The summed E-state index contributed by atoms with van der Waals surface area (Å²) in [5.41, 5.74) is 0.319. The number of nitrogens with zero attached hydrogens (tertiary/aromatic N) is 3. The van der Waals surface area contributed by atoms with Gasteiger partial charge < -0.3 is 14.4 Å². The summed E-state index contributed by atoms with van der Waals surface area (Å²) >= 11 is 1.53. The molecule has 0 saturated carbocycles. The van der Waals surface area contributed by atoms with Crippen LogP contribution in [0.4, 0.5) is 5.88 Å². The number of thiophene rings is 1. The first-order chi connectivity index (χ1) is 9.28. The Morgan fingerprint density at radius 2 is 2.26 bits per heavy atom. The fraction of sp³-hybridized carbons (Fsp3) is 0.385. The number of aromatic nitrogens is 1. The third-order valence-corrected chi connectivity index (χ3v) is 4.06. The van der Waals surface area contributed by atoms with Gasteiger partial charge >= 0.3 is 0 Å². The van der Waals surface area contributed by atoms with Crippen molar-refractivity contribution in [1.82, 2.24) is 4.98 Å². The number of rotatable bonds is 2. The number of nitriles is 1. The average Bonchev–Trinajstić information content (AvgIpc) is 3.08. The lowest BCUT2D eigenvalue weighted by atomic mass is 10.1. The highest BCUT2D eigenvalue weighted by molar-refractivity contribution is 7.13. The Morgan fingerprint density at radius 1 is 1.47 bits per heavy atom. The summed E-state index contributed by atoms with van der Waals surface area (Å²) in [5.74, 6) is 1.02. The lowest BCUT2D eigenvalue weighted by molar-refractivity contribution is 0.144. The fourth-order valence-corrected chi connectivity index (χ4v) is 2.82. The molecule has 3 heterocycles. The molecule has 0 radical (unpaired) electrons. The van der Waals surface area contributed by atoms with Gasteiger partial charge in [0.1, 0.15) is 6.07 Å². The minimum Gasteiger partial charge on any atom is -0.418 e. The summed E-state index contributed by atoms with van der Waals surface area (Å²) < 4.78 is 5.75. The van der Waals surface area contributed by atoms with Gasteiger partial charge in [-0.1, -0.05) is 6.07 Å². The highest BCUT2D eigenvalue weighted by Crippen LogP contribution is 2.31. The van der Waals surface area contributed by atoms with Crippen LogP contribution in [0.25, 0.3) is 10.8 Å². The maximum absolute atomic E-state index is 9.52. The Balaban J connectivity index is 1.91. The number of hydrogen-bond donors (Lipinski definition) is 1. The molecule has 3 rings (SSSR count). The monoisotopic (exact) mass is 275 g/mol. The van der Waals surface area contributed by atoms with Gasteiger partial charge in [-0.3, -0.25) is 0 Å². The van der Waals surface area contributed by atoms with Crippen LogP contribution in [0.3, 0.4) is 0 Å². The second-order valence-corrected chi connectivity index (χ2v) is 5.43. The number of hydrogen-bond acceptors (Lipinski definition) is 6. The Labute approximate surface area is 114 Å². The number of aliphatic hydroxyl groups is 1. The average molecular weight is 275 g/mol. The van der Waals surface area contributed by atoms with E-state index < -0.39 is 0 Å². The summed E-state index contributed by atoms with van der Waals surface area (Å²) in [6.07, 6.45) is 1.14. The van der Waals surface area contributed by atoms with Crippen LogP contribution in [0, 0.1) is 11.3 Å². The van der Waals surface area contributed by atoms with Gasteiger partial charge in [0.15, 0.2) is 0 Å². The third kappa shape index (κ3) is 2.35. The van der Waals surface area contributed by atoms with Gasteiger partial charge in [0.2, 0.25) is 17.5 Å². The van der Waals surface area contributed by atoms with E-state index in [0.717, 1.165) is 4.88 Å². The zero-order valence-electron chi connectivity index (χ0n) is 10.2. The van der Waals surface area contributed by atoms with Gasteiger partial charge in [-0.05, 0) is 24.3 Å². The summed E-state index contributed by atoms with van der Waals surface area (Å²) in [7, 11) is 0. The van der Waals surface area contributed by atoms with Crippen molar-refractivity contribution in [3.05, 3.63) is 23.2 Å². The third-order valence-electron chi connectivity index (χ3n) is 3.20. The van der Waals surface area contributed by atoms with Crippen molar-refractivity contribution in [1.29, 1.82) is 5.26 Å². The molecular formula is C13H13N3O2S.